The number of ether oxygens (including phenoxy) is 5. The first-order chi connectivity index (χ1) is 27.0. The topological polar surface area (TPSA) is 152 Å². The number of hydrogen-bond acceptors (Lipinski definition) is 11. The maximum Gasteiger partial charge on any atom is 0.364 e. The Hall–Kier alpha value is -2.45. The van der Waals surface area contributed by atoms with Crippen LogP contribution in [0.25, 0.3) is 0 Å². The lowest BCUT2D eigenvalue weighted by molar-refractivity contribution is -0.883. The highest BCUT2D eigenvalue weighted by atomic mass is 35.5. The van der Waals surface area contributed by atoms with Crippen molar-refractivity contribution < 1.29 is 86.5 Å². The molecule has 1 N–H and O–H groups in total. The number of aliphatic hydroxyl groups is 1. The minimum atomic E-state index is -0.908. The van der Waals surface area contributed by atoms with Crippen LogP contribution in [0, 0.1) is 0 Å². The van der Waals surface area contributed by atoms with E-state index in [0.29, 0.717) is 43.3 Å². The molecule has 0 rings (SSSR count). The van der Waals surface area contributed by atoms with Crippen LogP contribution >= 0.6 is 0 Å². The van der Waals surface area contributed by atoms with E-state index in [2.05, 4.69) is 19.9 Å². The first-order valence-electron chi connectivity index (χ1n) is 21.8. The highest BCUT2D eigenvalue weighted by molar-refractivity contribution is 5.72. The number of halogens is 2. The summed E-state index contributed by atoms with van der Waals surface area (Å²) in [6, 6.07) is 0. The van der Waals surface area contributed by atoms with Crippen molar-refractivity contribution in [3.63, 3.8) is 0 Å². The van der Waals surface area contributed by atoms with Crippen LogP contribution in [-0.4, -0.2) is 130 Å². The molecule has 59 heavy (non-hydrogen) atoms. The number of unbranched alkanes of at least 4 members (excludes halogenated alkanes) is 13. The molecule has 0 saturated carbocycles. The molecule has 348 valence electrons. The van der Waals surface area contributed by atoms with Gasteiger partial charge in [0.15, 0.2) is 13.1 Å². The number of quaternary nitrogens is 2. The van der Waals surface area contributed by atoms with Crippen LogP contribution in [0.5, 0.6) is 0 Å². The average molecular weight is 886 g/mol. The molecule has 0 aliphatic carbocycles. The number of likely N-dealkylation sites (N-methyl/N-ethyl adjacent to an activating group) is 2. The normalized spacial score (nSPS) is 13.0. The summed E-state index contributed by atoms with van der Waals surface area (Å²) in [7, 11) is 7.47. The lowest BCUT2D eigenvalue weighted by atomic mass is 10.0. The number of aliphatic hydroxyl groups excluding tert-OH is 1. The van der Waals surface area contributed by atoms with E-state index in [0.717, 1.165) is 70.6 Å². The number of carbonyl (C=O) groups excluding carboxylic acids is 5. The summed E-state index contributed by atoms with van der Waals surface area (Å²) in [6.45, 7) is 8.55. The Morgan fingerprint density at radius 3 is 1.54 bits per heavy atom. The van der Waals surface area contributed by atoms with Gasteiger partial charge in [-0.2, -0.15) is 0 Å². The molecule has 15 heteroatoms. The molecule has 3 unspecified atom stereocenters. The summed E-state index contributed by atoms with van der Waals surface area (Å²) in [4.78, 5) is 60.6. The fourth-order valence-corrected chi connectivity index (χ4v) is 6.23. The molecule has 0 bridgehead atoms. The monoisotopic (exact) mass is 885 g/mol. The van der Waals surface area contributed by atoms with Crippen molar-refractivity contribution in [2.45, 2.75) is 175 Å². The minimum absolute atomic E-state index is 0. The van der Waals surface area contributed by atoms with Gasteiger partial charge < -0.3 is 62.6 Å². The number of esters is 5. The Morgan fingerprint density at radius 1 is 0.559 bits per heavy atom. The van der Waals surface area contributed by atoms with Gasteiger partial charge in [0.05, 0.1) is 34.3 Å². The van der Waals surface area contributed by atoms with Crippen LogP contribution in [-0.2, 0) is 47.7 Å². The van der Waals surface area contributed by atoms with Gasteiger partial charge in [0, 0.05) is 26.7 Å². The number of hydrogen-bond donors (Lipinski definition) is 1. The van der Waals surface area contributed by atoms with Gasteiger partial charge >= 0.3 is 29.8 Å². The Kier molecular flexibility index (Phi) is 38.5. The number of rotatable bonds is 36. The van der Waals surface area contributed by atoms with Crippen LogP contribution in [0.2, 0.25) is 0 Å². The second-order valence-electron chi connectivity index (χ2n) is 16.7. The number of allylic oxidation sites excluding steroid dienone is 1. The Balaban J connectivity index is -0.0000157. The van der Waals surface area contributed by atoms with E-state index in [1.54, 1.807) is 0 Å². The zero-order valence-corrected chi connectivity index (χ0v) is 39.5. The van der Waals surface area contributed by atoms with E-state index >= 15 is 0 Å². The number of nitrogens with zero attached hydrogens (tertiary/aromatic N) is 2. The van der Waals surface area contributed by atoms with E-state index in [9.17, 15) is 29.1 Å². The van der Waals surface area contributed by atoms with E-state index in [1.807, 2.05) is 34.3 Å². The first-order valence-corrected chi connectivity index (χ1v) is 21.8. The van der Waals surface area contributed by atoms with Gasteiger partial charge in [0.2, 0.25) is 6.29 Å². The molecule has 13 nitrogen and oxygen atoms in total. The SMILES string of the molecule is CCCCCCCCCC(OC(=O)CCCCCCCC=CCC(O)C(CCCCC)OC(=O)C[N+](C)(C)CCOC(C)=O)OC(=O)C[N+](C)(C)CCOC(C)=O.[Cl-].[Cl-]. The molecule has 0 fully saturated rings. The van der Waals surface area contributed by atoms with Crippen molar-refractivity contribution in [1.82, 2.24) is 0 Å². The molecule has 0 aromatic heterocycles. The van der Waals surface area contributed by atoms with Crippen LogP contribution in [0.15, 0.2) is 12.2 Å². The standard InChI is InChI=1S/C44H82N2O11.2ClH/c1-9-11-13-14-17-22-26-30-44(57-43(52)36-46(7,8)32-34-54-38(4)48)56-41(50)29-25-21-19-16-15-18-20-24-27-39(49)40(28-23-12-10-2)55-42(51)35-45(5,6)31-33-53-37(3)47;;/h20,24,39-40,44,49H,9-19,21-23,25-36H2,1-8H3;2*1H/q+2;;/p-2. The third-order valence-corrected chi connectivity index (χ3v) is 9.79. The average Bonchev–Trinajstić information content (AvgIpc) is 3.10. The Bertz CT molecular complexity index is 1150. The third-order valence-electron chi connectivity index (χ3n) is 9.79. The summed E-state index contributed by atoms with van der Waals surface area (Å²) in [5.74, 6) is -1.91. The van der Waals surface area contributed by atoms with E-state index < -0.39 is 24.5 Å². The van der Waals surface area contributed by atoms with Gasteiger partial charge in [-0.25, -0.2) is 9.59 Å². The molecule has 0 radical (unpaired) electrons. The molecular formula is C44H82Cl2N2O11. The van der Waals surface area contributed by atoms with Crippen LogP contribution in [0.1, 0.15) is 156 Å². The molecular weight excluding hydrogens is 803 g/mol. The molecule has 0 aliphatic heterocycles. The maximum absolute atomic E-state index is 12.8. The highest BCUT2D eigenvalue weighted by Crippen LogP contribution is 2.17. The summed E-state index contributed by atoms with van der Waals surface area (Å²) in [5.41, 5.74) is 0. The first kappa shape index (κ1) is 60.9. The van der Waals surface area contributed by atoms with E-state index in [1.165, 1.54) is 39.5 Å². The molecule has 0 spiro atoms. The van der Waals surface area contributed by atoms with Crippen LogP contribution in [0.4, 0.5) is 0 Å². The van der Waals surface area contributed by atoms with E-state index in [4.69, 9.17) is 23.7 Å². The van der Waals surface area contributed by atoms with Gasteiger partial charge in [-0.1, -0.05) is 96.6 Å². The van der Waals surface area contributed by atoms with Crippen molar-refractivity contribution in [2.75, 3.05) is 67.6 Å². The lowest BCUT2D eigenvalue weighted by Gasteiger charge is -2.30. The van der Waals surface area contributed by atoms with E-state index in [-0.39, 0.29) is 85.9 Å². The van der Waals surface area contributed by atoms with Gasteiger partial charge in [0.1, 0.15) is 32.4 Å². The van der Waals surface area contributed by atoms with Crippen molar-refractivity contribution >= 4 is 29.8 Å². The third kappa shape index (κ3) is 38.2. The van der Waals surface area contributed by atoms with Crippen molar-refractivity contribution in [3.8, 4) is 0 Å². The second kappa shape index (κ2) is 37.3. The molecule has 0 heterocycles. The smallest absolute Gasteiger partial charge is 0.364 e. The molecule has 0 aromatic carbocycles. The Morgan fingerprint density at radius 2 is 1.00 bits per heavy atom. The minimum Gasteiger partial charge on any atom is -1.00 e. The Labute approximate surface area is 369 Å². The molecule has 3 atom stereocenters. The summed E-state index contributed by atoms with van der Waals surface area (Å²) < 4.78 is 27.7. The predicted molar refractivity (Wildman–Crippen MR) is 222 cm³/mol. The molecule has 0 aliphatic rings. The van der Waals surface area contributed by atoms with Crippen molar-refractivity contribution in [2.24, 2.45) is 0 Å². The van der Waals surface area contributed by atoms with Gasteiger partial charge in [-0.15, -0.1) is 0 Å². The quantitative estimate of drug-likeness (QED) is 0.0243. The van der Waals surface area contributed by atoms with Crippen molar-refractivity contribution in [3.05, 3.63) is 12.2 Å². The lowest BCUT2D eigenvalue weighted by Crippen LogP contribution is -3.00. The summed E-state index contributed by atoms with van der Waals surface area (Å²) in [6.07, 6.45) is 19.5. The van der Waals surface area contributed by atoms with Crippen molar-refractivity contribution in [1.29, 1.82) is 0 Å². The predicted octanol–water partition coefficient (Wildman–Crippen LogP) is 1.36. The molecule has 0 amide bonds. The summed E-state index contributed by atoms with van der Waals surface area (Å²) in [5, 5.41) is 10.9. The highest BCUT2D eigenvalue weighted by Gasteiger charge is 2.28. The largest absolute Gasteiger partial charge is 1.00 e. The van der Waals surface area contributed by atoms with Crippen LogP contribution in [0.3, 0.4) is 0 Å². The second-order valence-corrected chi connectivity index (χ2v) is 16.7. The van der Waals surface area contributed by atoms with Gasteiger partial charge in [-0.3, -0.25) is 14.4 Å². The zero-order chi connectivity index (χ0) is 43.0. The molecule has 0 saturated heterocycles. The van der Waals surface area contributed by atoms with Crippen LogP contribution < -0.4 is 24.8 Å². The fraction of sp³-hybridized carbons (Fsp3) is 0.841. The molecule has 0 aromatic rings. The number of carbonyl (C=O) groups is 5. The summed E-state index contributed by atoms with van der Waals surface area (Å²) >= 11 is 0. The zero-order valence-electron chi connectivity index (χ0n) is 38.0. The fourth-order valence-electron chi connectivity index (χ4n) is 6.23. The van der Waals surface area contributed by atoms with Gasteiger partial charge in [0.25, 0.3) is 0 Å². The maximum atomic E-state index is 12.8. The van der Waals surface area contributed by atoms with Gasteiger partial charge in [-0.05, 0) is 44.9 Å².